The van der Waals surface area contributed by atoms with E-state index in [0.717, 1.165) is 71.2 Å². The molecule has 188 valence electrons. The minimum absolute atomic E-state index is 0.115. The van der Waals surface area contributed by atoms with Gasteiger partial charge in [0.25, 0.3) is 0 Å². The topological polar surface area (TPSA) is 63.6 Å². The van der Waals surface area contributed by atoms with Gasteiger partial charge in [0.2, 0.25) is 11.8 Å². The summed E-state index contributed by atoms with van der Waals surface area (Å²) in [5, 5.41) is 4.41. The Kier molecular flexibility index (Phi) is 6.86. The van der Waals surface area contributed by atoms with Crippen molar-refractivity contribution >= 4 is 28.3 Å². The van der Waals surface area contributed by atoms with Crippen LogP contribution in [-0.2, 0) is 23.2 Å². The van der Waals surface area contributed by atoms with Crippen molar-refractivity contribution in [2.24, 2.45) is 7.05 Å². The van der Waals surface area contributed by atoms with Gasteiger partial charge in [-0.05, 0) is 48.6 Å². The molecule has 3 aromatic rings. The van der Waals surface area contributed by atoms with Crippen molar-refractivity contribution in [3.8, 4) is 5.75 Å². The summed E-state index contributed by atoms with van der Waals surface area (Å²) in [6, 6.07) is 15.2. The number of carbonyl (C=O) groups is 2. The number of aryl methyl sites for hydroxylation is 1. The minimum atomic E-state index is -0.732. The van der Waals surface area contributed by atoms with Crippen LogP contribution in [0.4, 0.5) is 0 Å². The largest absolute Gasteiger partial charge is 0.497 e. The van der Waals surface area contributed by atoms with Crippen LogP contribution >= 0.6 is 0 Å². The van der Waals surface area contributed by atoms with Crippen LogP contribution in [0.1, 0.15) is 68.3 Å². The van der Waals surface area contributed by atoms with Crippen LogP contribution in [0.5, 0.6) is 5.75 Å². The van der Waals surface area contributed by atoms with Crippen molar-refractivity contribution in [3.63, 3.8) is 0 Å². The van der Waals surface area contributed by atoms with Crippen molar-refractivity contribution in [2.75, 3.05) is 7.11 Å². The van der Waals surface area contributed by atoms with E-state index in [1.807, 2.05) is 36.4 Å². The first-order valence-electron chi connectivity index (χ1n) is 13.0. The lowest BCUT2D eigenvalue weighted by molar-refractivity contribution is -0.138. The summed E-state index contributed by atoms with van der Waals surface area (Å²) < 4.78 is 7.53. The van der Waals surface area contributed by atoms with Crippen LogP contribution in [0, 0.1) is 0 Å². The first-order chi connectivity index (χ1) is 17.5. The molecule has 1 unspecified atom stereocenters. The maximum Gasteiger partial charge on any atom is 0.248 e. The van der Waals surface area contributed by atoms with Gasteiger partial charge in [0.05, 0.1) is 7.11 Å². The second-order valence-corrected chi connectivity index (χ2v) is 9.91. The zero-order valence-electron chi connectivity index (χ0n) is 21.4. The van der Waals surface area contributed by atoms with E-state index >= 15 is 0 Å². The average molecular weight is 486 g/mol. The van der Waals surface area contributed by atoms with Gasteiger partial charge in [-0.15, -0.1) is 0 Å². The Hall–Kier alpha value is -3.54. The van der Waals surface area contributed by atoms with Crippen LogP contribution in [-0.4, -0.2) is 34.4 Å². The van der Waals surface area contributed by atoms with Crippen LogP contribution in [0.25, 0.3) is 16.5 Å². The fraction of sp³-hybridized carbons (Fsp3) is 0.400. The van der Waals surface area contributed by atoms with Crippen LogP contribution in [0.15, 0.2) is 54.6 Å². The predicted molar refractivity (Wildman–Crippen MR) is 142 cm³/mol. The van der Waals surface area contributed by atoms with E-state index in [1.54, 1.807) is 18.1 Å². The Morgan fingerprint density at radius 3 is 2.50 bits per heavy atom. The maximum atomic E-state index is 13.9. The summed E-state index contributed by atoms with van der Waals surface area (Å²) in [5.41, 5.74) is 5.08. The smallest absolute Gasteiger partial charge is 0.248 e. The number of carbonyl (C=O) groups excluding carboxylic acids is 2. The highest BCUT2D eigenvalue weighted by Crippen LogP contribution is 2.37. The Balaban J connectivity index is 1.60. The molecule has 6 heteroatoms. The summed E-state index contributed by atoms with van der Waals surface area (Å²) in [5.74, 6) is 0.471. The fourth-order valence-corrected chi connectivity index (χ4v) is 5.86. The first kappa shape index (κ1) is 24.2. The monoisotopic (exact) mass is 485 g/mol. The van der Waals surface area contributed by atoms with E-state index in [-0.39, 0.29) is 17.9 Å². The van der Waals surface area contributed by atoms with Crippen molar-refractivity contribution in [3.05, 3.63) is 71.4 Å². The molecule has 2 amide bonds. The SMILES string of the molecule is CCC1=CC(=O)N(C(C(=O)NC2CCCCC2)c2ccc(OC)cc2)Cc2c1n(C)c1ccccc21. The Morgan fingerprint density at radius 1 is 1.08 bits per heavy atom. The Morgan fingerprint density at radius 2 is 1.81 bits per heavy atom. The van der Waals surface area contributed by atoms with Crippen molar-refractivity contribution in [2.45, 2.75) is 64.1 Å². The molecule has 6 nitrogen and oxygen atoms in total. The standard InChI is InChI=1S/C30H35N3O3/c1-4-20-18-27(34)33(19-25-24-12-8-9-13-26(24)32(2)28(20)25)29(21-14-16-23(36-3)17-15-21)30(35)31-22-10-6-5-7-11-22/h8-9,12-18,22,29H,4-7,10-11,19H2,1-3H3,(H,31,35). The lowest BCUT2D eigenvalue weighted by atomic mass is 9.94. The van der Waals surface area contributed by atoms with E-state index < -0.39 is 6.04 Å². The molecule has 0 spiro atoms. The van der Waals surface area contributed by atoms with E-state index in [9.17, 15) is 9.59 Å². The molecule has 1 aliphatic carbocycles. The number of amides is 2. The van der Waals surface area contributed by atoms with Crippen molar-refractivity contribution in [1.82, 2.24) is 14.8 Å². The van der Waals surface area contributed by atoms with Gasteiger partial charge >= 0.3 is 0 Å². The van der Waals surface area contributed by atoms with Gasteiger partial charge in [0, 0.05) is 47.9 Å². The molecule has 1 aliphatic heterocycles. The molecule has 1 N–H and O–H groups in total. The van der Waals surface area contributed by atoms with Gasteiger partial charge in [0.15, 0.2) is 0 Å². The number of fused-ring (bicyclic) bond motifs is 3. The summed E-state index contributed by atoms with van der Waals surface area (Å²) >= 11 is 0. The molecule has 0 bridgehead atoms. The van der Waals surface area contributed by atoms with Gasteiger partial charge in [-0.3, -0.25) is 9.59 Å². The van der Waals surface area contributed by atoms with Gasteiger partial charge in [-0.2, -0.15) is 0 Å². The van der Waals surface area contributed by atoms with Crippen LogP contribution < -0.4 is 10.1 Å². The zero-order chi connectivity index (χ0) is 25.2. The summed E-state index contributed by atoms with van der Waals surface area (Å²) in [6.07, 6.45) is 7.91. The number of allylic oxidation sites excluding steroid dienone is 1. The number of ether oxygens (including phenoxy) is 1. The molecule has 1 atom stereocenters. The number of nitrogens with zero attached hydrogens (tertiary/aromatic N) is 2. The highest BCUT2D eigenvalue weighted by atomic mass is 16.5. The fourth-order valence-electron chi connectivity index (χ4n) is 5.86. The molecule has 2 heterocycles. The molecular formula is C30H35N3O3. The zero-order valence-corrected chi connectivity index (χ0v) is 21.4. The summed E-state index contributed by atoms with van der Waals surface area (Å²) in [4.78, 5) is 29.4. The van der Waals surface area contributed by atoms with E-state index in [1.165, 1.54) is 6.42 Å². The van der Waals surface area contributed by atoms with Gasteiger partial charge in [-0.1, -0.05) is 56.5 Å². The highest BCUT2D eigenvalue weighted by molar-refractivity contribution is 6.02. The second-order valence-electron chi connectivity index (χ2n) is 9.91. The number of aromatic nitrogens is 1. The number of hydrogen-bond donors (Lipinski definition) is 1. The molecular weight excluding hydrogens is 450 g/mol. The highest BCUT2D eigenvalue weighted by Gasteiger charge is 2.35. The number of nitrogens with one attached hydrogen (secondary N) is 1. The van der Waals surface area contributed by atoms with Crippen molar-refractivity contribution in [1.29, 1.82) is 0 Å². The lowest BCUT2D eigenvalue weighted by Crippen LogP contribution is -2.46. The molecule has 5 rings (SSSR count). The van der Waals surface area contributed by atoms with Gasteiger partial charge in [0.1, 0.15) is 11.8 Å². The quantitative estimate of drug-likeness (QED) is 0.501. The van der Waals surface area contributed by atoms with E-state index in [2.05, 4.69) is 36.0 Å². The lowest BCUT2D eigenvalue weighted by Gasteiger charge is -2.32. The first-order valence-corrected chi connectivity index (χ1v) is 13.0. The van der Waals surface area contributed by atoms with E-state index in [4.69, 9.17) is 4.74 Å². The number of rotatable bonds is 6. The maximum absolute atomic E-state index is 13.9. The third kappa shape index (κ3) is 4.41. The molecule has 36 heavy (non-hydrogen) atoms. The second kappa shape index (κ2) is 10.2. The third-order valence-corrected chi connectivity index (χ3v) is 7.75. The average Bonchev–Trinajstić information content (AvgIpc) is 3.09. The molecule has 1 saturated carbocycles. The normalized spacial score (nSPS) is 17.4. The number of benzene rings is 2. The Bertz CT molecular complexity index is 1300. The summed E-state index contributed by atoms with van der Waals surface area (Å²) in [6.45, 7) is 2.44. The number of hydrogen-bond acceptors (Lipinski definition) is 3. The summed E-state index contributed by atoms with van der Waals surface area (Å²) in [7, 11) is 3.68. The van der Waals surface area contributed by atoms with Crippen LogP contribution in [0.2, 0.25) is 0 Å². The Labute approximate surface area is 212 Å². The molecule has 1 fully saturated rings. The van der Waals surface area contributed by atoms with E-state index in [0.29, 0.717) is 6.54 Å². The molecule has 2 aliphatic rings. The molecule has 0 radical (unpaired) electrons. The number of para-hydroxylation sites is 1. The van der Waals surface area contributed by atoms with Gasteiger partial charge < -0.3 is 19.5 Å². The minimum Gasteiger partial charge on any atom is -0.497 e. The molecule has 0 saturated heterocycles. The molecule has 2 aromatic carbocycles. The third-order valence-electron chi connectivity index (χ3n) is 7.75. The number of methoxy groups -OCH3 is 1. The van der Waals surface area contributed by atoms with Crippen LogP contribution in [0.3, 0.4) is 0 Å². The predicted octanol–water partition coefficient (Wildman–Crippen LogP) is 5.51. The van der Waals surface area contributed by atoms with Gasteiger partial charge in [-0.25, -0.2) is 0 Å². The molecule has 1 aromatic heterocycles. The van der Waals surface area contributed by atoms with Crippen molar-refractivity contribution < 1.29 is 14.3 Å².